The van der Waals surface area contributed by atoms with Crippen molar-refractivity contribution >= 4 is 12.1 Å². The Hall–Kier alpha value is -1.26. The van der Waals surface area contributed by atoms with E-state index in [1.807, 2.05) is 6.92 Å². The number of nitrogens with zero attached hydrogens (tertiary/aromatic N) is 3. The number of hydrogen-bond acceptors (Lipinski definition) is 2. The van der Waals surface area contributed by atoms with Crippen LogP contribution in [0.4, 0.5) is 9.59 Å². The first-order valence-electron chi connectivity index (χ1n) is 3.53. The molecule has 1 aliphatic rings. The molecule has 0 aromatic rings. The third-order valence-corrected chi connectivity index (χ3v) is 1.42. The maximum Gasteiger partial charge on any atom is 0.370 e. The Bertz CT molecular complexity index is 194. The van der Waals surface area contributed by atoms with Gasteiger partial charge in [0.1, 0.15) is 0 Å². The summed E-state index contributed by atoms with van der Waals surface area (Å²) in [5.74, 6) is 0. The average Bonchev–Trinajstić information content (AvgIpc) is 2.29. The van der Waals surface area contributed by atoms with Crippen molar-refractivity contribution < 1.29 is 9.59 Å². The van der Waals surface area contributed by atoms with Crippen LogP contribution in [0.1, 0.15) is 19.8 Å². The number of imide groups is 1. The molecule has 0 aromatic heterocycles. The minimum absolute atomic E-state index is 0.432. The lowest BCUT2D eigenvalue weighted by molar-refractivity contribution is 0.205. The molecule has 0 saturated carbocycles. The molecule has 0 aromatic carbocycles. The highest BCUT2D eigenvalue weighted by atomic mass is 16.2. The first-order valence-corrected chi connectivity index (χ1v) is 3.53. The van der Waals surface area contributed by atoms with Gasteiger partial charge in [-0.15, -0.1) is 0 Å². The maximum atomic E-state index is 10.7. The Balaban J connectivity index is 2.46. The molecule has 11 heavy (non-hydrogen) atoms. The lowest BCUT2D eigenvalue weighted by atomic mass is 10.3. The number of carbonyl (C=O) groups is 2. The molecule has 0 N–H and O–H groups in total. The summed E-state index contributed by atoms with van der Waals surface area (Å²) >= 11 is 0. The Labute approximate surface area is 64.1 Å². The zero-order valence-electron chi connectivity index (χ0n) is 6.28. The SMILES string of the molecule is CCCCN1C(=O)N=NC1=O. The predicted octanol–water partition coefficient (Wildman–Crippen LogP) is 1.79. The second-order valence-corrected chi connectivity index (χ2v) is 2.27. The van der Waals surface area contributed by atoms with E-state index in [0.717, 1.165) is 17.7 Å². The molecule has 60 valence electrons. The molecule has 4 amide bonds. The molecule has 0 atom stereocenters. The van der Waals surface area contributed by atoms with E-state index >= 15 is 0 Å². The average molecular weight is 155 g/mol. The number of amides is 4. The fourth-order valence-corrected chi connectivity index (χ4v) is 0.783. The van der Waals surface area contributed by atoms with Crippen LogP contribution in [0.3, 0.4) is 0 Å². The molecule has 1 rings (SSSR count). The summed E-state index contributed by atoms with van der Waals surface area (Å²) in [6.45, 7) is 2.42. The first-order chi connectivity index (χ1) is 5.25. The van der Waals surface area contributed by atoms with E-state index in [1.165, 1.54) is 0 Å². The van der Waals surface area contributed by atoms with Crippen molar-refractivity contribution in [2.45, 2.75) is 19.8 Å². The summed E-state index contributed by atoms with van der Waals surface area (Å²) in [4.78, 5) is 22.5. The lowest BCUT2D eigenvalue weighted by Crippen LogP contribution is -2.28. The molecule has 5 nitrogen and oxygen atoms in total. The van der Waals surface area contributed by atoms with Gasteiger partial charge in [0, 0.05) is 6.54 Å². The minimum atomic E-state index is -0.538. The first kappa shape index (κ1) is 7.84. The van der Waals surface area contributed by atoms with Gasteiger partial charge >= 0.3 is 12.1 Å². The smallest absolute Gasteiger partial charge is 0.244 e. The third kappa shape index (κ3) is 1.60. The molecule has 0 fully saturated rings. The second-order valence-electron chi connectivity index (χ2n) is 2.27. The Morgan fingerprint density at radius 3 is 2.27 bits per heavy atom. The number of urea groups is 2. The number of hydrogen-bond donors (Lipinski definition) is 0. The van der Waals surface area contributed by atoms with Crippen molar-refractivity contribution in [3.8, 4) is 0 Å². The van der Waals surface area contributed by atoms with Crippen LogP contribution in [0.25, 0.3) is 0 Å². The van der Waals surface area contributed by atoms with Crippen molar-refractivity contribution in [1.82, 2.24) is 4.90 Å². The normalized spacial score (nSPS) is 16.6. The number of carbonyl (C=O) groups excluding carboxylic acids is 2. The van der Waals surface area contributed by atoms with Crippen LogP contribution in [-0.4, -0.2) is 23.5 Å². The van der Waals surface area contributed by atoms with E-state index < -0.39 is 12.1 Å². The molecule has 1 aliphatic heterocycles. The molecular formula is C6H9N3O2. The van der Waals surface area contributed by atoms with Gasteiger partial charge in [0.2, 0.25) is 0 Å². The molecule has 1 heterocycles. The molecule has 0 saturated heterocycles. The van der Waals surface area contributed by atoms with Gasteiger partial charge in [-0.25, -0.2) is 14.5 Å². The minimum Gasteiger partial charge on any atom is -0.244 e. The topological polar surface area (TPSA) is 62.1 Å². The monoisotopic (exact) mass is 155 g/mol. The van der Waals surface area contributed by atoms with Gasteiger partial charge in [0.05, 0.1) is 0 Å². The lowest BCUT2D eigenvalue weighted by Gasteiger charge is -2.07. The van der Waals surface area contributed by atoms with Gasteiger partial charge in [0.15, 0.2) is 0 Å². The maximum absolute atomic E-state index is 10.7. The fraction of sp³-hybridized carbons (Fsp3) is 0.667. The van der Waals surface area contributed by atoms with Crippen LogP contribution in [0.5, 0.6) is 0 Å². The van der Waals surface area contributed by atoms with Gasteiger partial charge in [-0.2, -0.15) is 0 Å². The highest BCUT2D eigenvalue weighted by Gasteiger charge is 2.25. The van der Waals surface area contributed by atoms with Gasteiger partial charge in [0.25, 0.3) is 0 Å². The molecule has 0 unspecified atom stereocenters. The summed E-state index contributed by atoms with van der Waals surface area (Å²) in [7, 11) is 0. The van der Waals surface area contributed by atoms with Crippen LogP contribution in [0.15, 0.2) is 10.2 Å². The van der Waals surface area contributed by atoms with Crippen LogP contribution in [0.2, 0.25) is 0 Å². The van der Waals surface area contributed by atoms with Crippen molar-refractivity contribution in [2.24, 2.45) is 10.2 Å². The van der Waals surface area contributed by atoms with E-state index in [9.17, 15) is 9.59 Å². The van der Waals surface area contributed by atoms with E-state index in [0.29, 0.717) is 6.54 Å². The number of rotatable bonds is 3. The molecule has 5 heteroatoms. The third-order valence-electron chi connectivity index (χ3n) is 1.42. The molecule has 0 bridgehead atoms. The van der Waals surface area contributed by atoms with E-state index in [2.05, 4.69) is 10.2 Å². The van der Waals surface area contributed by atoms with Gasteiger partial charge in [-0.05, 0) is 6.42 Å². The molecule has 0 spiro atoms. The largest absolute Gasteiger partial charge is 0.370 e. The summed E-state index contributed by atoms with van der Waals surface area (Å²) < 4.78 is 0. The van der Waals surface area contributed by atoms with E-state index in [4.69, 9.17) is 0 Å². The van der Waals surface area contributed by atoms with Crippen molar-refractivity contribution in [3.05, 3.63) is 0 Å². The highest BCUT2D eigenvalue weighted by Crippen LogP contribution is 2.07. The van der Waals surface area contributed by atoms with Crippen molar-refractivity contribution in [1.29, 1.82) is 0 Å². The highest BCUT2D eigenvalue weighted by molar-refractivity contribution is 5.98. The summed E-state index contributed by atoms with van der Waals surface area (Å²) in [6, 6.07) is -1.08. The molecular weight excluding hydrogens is 146 g/mol. The van der Waals surface area contributed by atoms with Crippen LogP contribution in [0, 0.1) is 0 Å². The van der Waals surface area contributed by atoms with E-state index in [-0.39, 0.29) is 0 Å². The standard InChI is InChI=1S/C6H9N3O2/c1-2-3-4-9-5(10)7-8-6(9)11/h2-4H2,1H3. The van der Waals surface area contributed by atoms with E-state index in [1.54, 1.807) is 0 Å². The summed E-state index contributed by atoms with van der Waals surface area (Å²) in [6.07, 6.45) is 1.75. The van der Waals surface area contributed by atoms with Gasteiger partial charge < -0.3 is 0 Å². The Morgan fingerprint density at radius 2 is 1.82 bits per heavy atom. The Kier molecular flexibility index (Phi) is 2.30. The van der Waals surface area contributed by atoms with Crippen LogP contribution < -0.4 is 0 Å². The Morgan fingerprint density at radius 1 is 1.27 bits per heavy atom. The van der Waals surface area contributed by atoms with Crippen molar-refractivity contribution in [2.75, 3.05) is 6.54 Å². The zero-order chi connectivity index (χ0) is 8.27. The quantitative estimate of drug-likeness (QED) is 0.623. The van der Waals surface area contributed by atoms with Gasteiger partial charge in [-0.3, -0.25) is 0 Å². The fourth-order valence-electron chi connectivity index (χ4n) is 0.783. The number of azo groups is 1. The van der Waals surface area contributed by atoms with Crippen LogP contribution in [-0.2, 0) is 0 Å². The van der Waals surface area contributed by atoms with Gasteiger partial charge in [-0.1, -0.05) is 23.6 Å². The molecule has 0 aliphatic carbocycles. The van der Waals surface area contributed by atoms with Crippen LogP contribution >= 0.6 is 0 Å². The van der Waals surface area contributed by atoms with Crippen molar-refractivity contribution in [3.63, 3.8) is 0 Å². The molecule has 0 radical (unpaired) electrons. The predicted molar refractivity (Wildman–Crippen MR) is 37.3 cm³/mol. The second kappa shape index (κ2) is 3.23. The summed E-state index contributed by atoms with van der Waals surface area (Å²) in [5.41, 5.74) is 0. The zero-order valence-corrected chi connectivity index (χ0v) is 6.28. The number of unbranched alkanes of at least 4 members (excludes halogenated alkanes) is 1. The summed E-state index contributed by atoms with van der Waals surface area (Å²) in [5, 5.41) is 6.23.